The molecule has 0 bridgehead atoms. The first-order valence-corrected chi connectivity index (χ1v) is 7.12. The number of ether oxygens (including phenoxy) is 1. The number of benzene rings is 2. The summed E-state index contributed by atoms with van der Waals surface area (Å²) < 4.78 is 5.33. The van der Waals surface area contributed by atoms with E-state index in [2.05, 4.69) is 15.5 Å². The van der Waals surface area contributed by atoms with E-state index in [9.17, 15) is 0 Å². The number of hydrazone groups is 1. The minimum Gasteiger partial charge on any atom is -0.494 e. The molecule has 0 radical (unpaired) electrons. The number of anilines is 1. The van der Waals surface area contributed by atoms with Gasteiger partial charge in [-0.15, -0.1) is 0 Å². The second kappa shape index (κ2) is 6.45. The Morgan fingerprint density at radius 3 is 2.86 bits per heavy atom. The molecule has 1 aromatic heterocycles. The van der Waals surface area contributed by atoms with Gasteiger partial charge in [0, 0.05) is 16.6 Å². The van der Waals surface area contributed by atoms with E-state index in [1.807, 2.05) is 48.5 Å². The van der Waals surface area contributed by atoms with Gasteiger partial charge in [-0.2, -0.15) is 5.10 Å². The molecule has 2 aromatic carbocycles. The fraction of sp³-hybridized carbons (Fsp3) is 0.0588. The molecule has 0 spiro atoms. The summed E-state index contributed by atoms with van der Waals surface area (Å²) in [6.07, 6.45) is 3.44. The first kappa shape index (κ1) is 14.4. The minimum absolute atomic E-state index is 0.683. The highest BCUT2D eigenvalue weighted by Gasteiger charge is 2.05. The molecule has 5 heteroatoms. The summed E-state index contributed by atoms with van der Waals surface area (Å²) in [5.41, 5.74) is 5.63. The Balaban J connectivity index is 1.88. The maximum absolute atomic E-state index is 5.95. The van der Waals surface area contributed by atoms with Gasteiger partial charge in [-0.05, 0) is 29.8 Å². The van der Waals surface area contributed by atoms with E-state index in [1.54, 1.807) is 19.5 Å². The van der Waals surface area contributed by atoms with E-state index < -0.39 is 0 Å². The third-order valence-corrected chi connectivity index (χ3v) is 3.44. The molecule has 0 saturated heterocycles. The van der Waals surface area contributed by atoms with Crippen LogP contribution < -0.4 is 10.2 Å². The van der Waals surface area contributed by atoms with Crippen molar-refractivity contribution in [1.29, 1.82) is 0 Å². The van der Waals surface area contributed by atoms with Gasteiger partial charge in [0.05, 0.1) is 19.0 Å². The topological polar surface area (TPSA) is 46.5 Å². The Hall–Kier alpha value is -2.59. The number of hydrogen-bond acceptors (Lipinski definition) is 4. The number of fused-ring (bicyclic) bond motifs is 1. The summed E-state index contributed by atoms with van der Waals surface area (Å²) in [5.74, 6) is 0.736. The summed E-state index contributed by atoms with van der Waals surface area (Å²) in [5, 5.41) is 5.89. The highest BCUT2D eigenvalue weighted by molar-refractivity contribution is 6.30. The molecule has 0 amide bonds. The van der Waals surface area contributed by atoms with Crippen LogP contribution in [0, 0.1) is 0 Å². The number of rotatable bonds is 4. The van der Waals surface area contributed by atoms with Crippen molar-refractivity contribution in [3.05, 3.63) is 65.3 Å². The molecule has 3 rings (SSSR count). The van der Waals surface area contributed by atoms with Crippen LogP contribution in [0.25, 0.3) is 10.9 Å². The Labute approximate surface area is 133 Å². The van der Waals surface area contributed by atoms with E-state index in [0.717, 1.165) is 27.9 Å². The van der Waals surface area contributed by atoms with E-state index in [1.165, 1.54) is 0 Å². The molecular formula is C17H14ClN3O. The van der Waals surface area contributed by atoms with Gasteiger partial charge in [0.15, 0.2) is 0 Å². The second-order valence-corrected chi connectivity index (χ2v) is 5.08. The van der Waals surface area contributed by atoms with Crippen molar-refractivity contribution < 1.29 is 4.74 Å². The highest BCUT2D eigenvalue weighted by atomic mass is 35.5. The number of pyridine rings is 1. The van der Waals surface area contributed by atoms with Crippen LogP contribution in [0.4, 0.5) is 5.69 Å². The van der Waals surface area contributed by atoms with Gasteiger partial charge in [0.2, 0.25) is 0 Å². The largest absolute Gasteiger partial charge is 0.494 e. The number of para-hydroxylation sites is 1. The summed E-state index contributed by atoms with van der Waals surface area (Å²) in [4.78, 5) is 4.36. The van der Waals surface area contributed by atoms with Crippen LogP contribution in [0.2, 0.25) is 5.02 Å². The number of halogens is 1. The Morgan fingerprint density at radius 2 is 2.05 bits per heavy atom. The molecule has 4 nitrogen and oxygen atoms in total. The quantitative estimate of drug-likeness (QED) is 0.576. The summed E-state index contributed by atoms with van der Waals surface area (Å²) in [7, 11) is 1.63. The minimum atomic E-state index is 0.683. The lowest BCUT2D eigenvalue weighted by molar-refractivity contribution is 0.419. The number of nitrogens with one attached hydrogen (secondary N) is 1. The van der Waals surface area contributed by atoms with Crippen LogP contribution in [0.5, 0.6) is 5.75 Å². The third kappa shape index (κ3) is 3.02. The monoisotopic (exact) mass is 311 g/mol. The molecule has 0 aliphatic rings. The Bertz CT molecular complexity index is 833. The van der Waals surface area contributed by atoms with Crippen LogP contribution in [-0.4, -0.2) is 18.3 Å². The van der Waals surface area contributed by atoms with Gasteiger partial charge < -0.3 is 4.74 Å². The first-order chi connectivity index (χ1) is 10.8. The Morgan fingerprint density at radius 1 is 1.18 bits per heavy atom. The van der Waals surface area contributed by atoms with E-state index in [-0.39, 0.29) is 0 Å². The number of nitrogens with zero attached hydrogens (tertiary/aromatic N) is 2. The lowest BCUT2D eigenvalue weighted by atomic mass is 10.2. The van der Waals surface area contributed by atoms with E-state index in [0.29, 0.717) is 5.02 Å². The molecule has 110 valence electrons. The van der Waals surface area contributed by atoms with Crippen molar-refractivity contribution in [2.75, 3.05) is 12.5 Å². The summed E-state index contributed by atoms with van der Waals surface area (Å²) >= 11 is 5.95. The van der Waals surface area contributed by atoms with Crippen LogP contribution >= 0.6 is 11.6 Å². The molecule has 0 atom stereocenters. The van der Waals surface area contributed by atoms with Crippen LogP contribution in [0.3, 0.4) is 0 Å². The van der Waals surface area contributed by atoms with Gasteiger partial charge in [0.1, 0.15) is 11.3 Å². The average Bonchev–Trinajstić information content (AvgIpc) is 2.54. The maximum Gasteiger partial charge on any atom is 0.145 e. The molecule has 0 aliphatic heterocycles. The zero-order chi connectivity index (χ0) is 15.4. The SMILES string of the molecule is COc1cccc2c(N/N=C/c3cccc(Cl)c3)ccnc12. The standard InChI is InChI=1S/C17H14ClN3O/c1-22-16-7-3-6-14-15(8-9-19-17(14)16)21-20-11-12-4-2-5-13(18)10-12/h2-11H,1H3,(H,19,21)/b20-11+. The zero-order valence-electron chi connectivity index (χ0n) is 12.0. The van der Waals surface area contributed by atoms with Crippen molar-refractivity contribution in [3.63, 3.8) is 0 Å². The Kier molecular flexibility index (Phi) is 4.21. The van der Waals surface area contributed by atoms with Crippen LogP contribution in [0.1, 0.15) is 5.56 Å². The molecule has 3 aromatic rings. The zero-order valence-corrected chi connectivity index (χ0v) is 12.7. The van der Waals surface area contributed by atoms with Gasteiger partial charge >= 0.3 is 0 Å². The molecule has 0 saturated carbocycles. The van der Waals surface area contributed by atoms with Crippen molar-refractivity contribution in [3.8, 4) is 5.75 Å². The van der Waals surface area contributed by atoms with Crippen molar-refractivity contribution >= 4 is 34.4 Å². The molecule has 0 fully saturated rings. The predicted octanol–water partition coefficient (Wildman–Crippen LogP) is 4.34. The van der Waals surface area contributed by atoms with Gasteiger partial charge in [-0.3, -0.25) is 10.4 Å². The smallest absolute Gasteiger partial charge is 0.145 e. The molecule has 0 unspecified atom stereocenters. The normalized spacial score (nSPS) is 11.0. The van der Waals surface area contributed by atoms with Crippen LogP contribution in [0.15, 0.2) is 59.8 Å². The molecule has 1 heterocycles. The number of aromatic nitrogens is 1. The average molecular weight is 312 g/mol. The van der Waals surface area contributed by atoms with Crippen LogP contribution in [-0.2, 0) is 0 Å². The van der Waals surface area contributed by atoms with Gasteiger partial charge in [0.25, 0.3) is 0 Å². The second-order valence-electron chi connectivity index (χ2n) is 4.64. The summed E-state index contributed by atoms with van der Waals surface area (Å²) in [6.45, 7) is 0. The fourth-order valence-corrected chi connectivity index (χ4v) is 2.37. The first-order valence-electron chi connectivity index (χ1n) is 6.74. The van der Waals surface area contributed by atoms with E-state index in [4.69, 9.17) is 16.3 Å². The molecule has 1 N–H and O–H groups in total. The third-order valence-electron chi connectivity index (χ3n) is 3.20. The van der Waals surface area contributed by atoms with Gasteiger partial charge in [-0.25, -0.2) is 0 Å². The lowest BCUT2D eigenvalue weighted by Crippen LogP contribution is -1.94. The fourth-order valence-electron chi connectivity index (χ4n) is 2.17. The molecular weight excluding hydrogens is 298 g/mol. The molecule has 22 heavy (non-hydrogen) atoms. The van der Waals surface area contributed by atoms with Crippen molar-refractivity contribution in [2.24, 2.45) is 5.10 Å². The van der Waals surface area contributed by atoms with Crippen molar-refractivity contribution in [1.82, 2.24) is 4.98 Å². The number of methoxy groups -OCH3 is 1. The predicted molar refractivity (Wildman–Crippen MR) is 91.0 cm³/mol. The van der Waals surface area contributed by atoms with Gasteiger partial charge in [-0.1, -0.05) is 35.9 Å². The van der Waals surface area contributed by atoms with Crippen molar-refractivity contribution in [2.45, 2.75) is 0 Å². The number of hydrogen-bond donors (Lipinski definition) is 1. The maximum atomic E-state index is 5.95. The highest BCUT2D eigenvalue weighted by Crippen LogP contribution is 2.28. The summed E-state index contributed by atoms with van der Waals surface area (Å²) in [6, 6.07) is 15.2. The molecule has 0 aliphatic carbocycles. The lowest BCUT2D eigenvalue weighted by Gasteiger charge is -2.08. The van der Waals surface area contributed by atoms with E-state index >= 15 is 0 Å².